The molecule has 5 nitrogen and oxygen atoms in total. The van der Waals surface area contributed by atoms with Gasteiger partial charge in [0.1, 0.15) is 6.10 Å². The van der Waals surface area contributed by atoms with Gasteiger partial charge in [0.05, 0.1) is 29.0 Å². The third-order valence-corrected chi connectivity index (χ3v) is 7.48. The van der Waals surface area contributed by atoms with E-state index in [4.69, 9.17) is 14.2 Å². The molecule has 3 aliphatic heterocycles. The number of aliphatic hydroxyl groups is 1. The molecule has 3 saturated heterocycles. The van der Waals surface area contributed by atoms with E-state index in [1.807, 2.05) is 13.8 Å². The van der Waals surface area contributed by atoms with E-state index >= 15 is 0 Å². The molecular formula is C17H27BrO5. The van der Waals surface area contributed by atoms with Crippen LogP contribution in [0.4, 0.5) is 0 Å². The van der Waals surface area contributed by atoms with Crippen molar-refractivity contribution in [2.75, 3.05) is 0 Å². The van der Waals surface area contributed by atoms with Crippen molar-refractivity contribution >= 4 is 21.9 Å². The first kappa shape index (κ1) is 17.6. The van der Waals surface area contributed by atoms with Crippen LogP contribution in [0.1, 0.15) is 53.9 Å². The molecule has 23 heavy (non-hydrogen) atoms. The molecular weight excluding hydrogens is 364 g/mol. The van der Waals surface area contributed by atoms with Crippen molar-refractivity contribution in [3.05, 3.63) is 0 Å². The predicted octanol–water partition coefficient (Wildman–Crippen LogP) is 2.57. The highest BCUT2D eigenvalue weighted by Gasteiger charge is 2.64. The molecule has 0 radical (unpaired) electrons. The van der Waals surface area contributed by atoms with Crippen LogP contribution in [-0.4, -0.2) is 51.0 Å². The van der Waals surface area contributed by atoms with Gasteiger partial charge in [0.2, 0.25) is 0 Å². The fourth-order valence-corrected chi connectivity index (χ4v) is 5.03. The molecule has 4 fully saturated rings. The summed E-state index contributed by atoms with van der Waals surface area (Å²) >= 11 is 3.72. The Morgan fingerprint density at radius 3 is 2.52 bits per heavy atom. The van der Waals surface area contributed by atoms with Crippen molar-refractivity contribution in [1.82, 2.24) is 0 Å². The standard InChI is InChI=1S/C17H27BrO5/c1-9(19)21-11-8-16(4)13(20)6-10(11)17(5)14(22-16)7-12(18)15(2,3)23-17/h10-14,20H,6-8H2,1-5H3/t10-,11+,12?,13?,14+,16-,17?/m0/s1. The molecule has 4 rings (SSSR count). The van der Waals surface area contributed by atoms with Crippen LogP contribution in [0, 0.1) is 5.92 Å². The zero-order valence-electron chi connectivity index (χ0n) is 14.5. The van der Waals surface area contributed by atoms with Gasteiger partial charge in [-0.25, -0.2) is 0 Å². The van der Waals surface area contributed by atoms with E-state index in [0.29, 0.717) is 12.8 Å². The molecule has 0 spiro atoms. The van der Waals surface area contributed by atoms with Gasteiger partial charge in [0.25, 0.3) is 0 Å². The van der Waals surface area contributed by atoms with Gasteiger partial charge >= 0.3 is 5.97 Å². The lowest BCUT2D eigenvalue weighted by Crippen LogP contribution is -2.62. The maximum atomic E-state index is 11.6. The van der Waals surface area contributed by atoms with Crippen LogP contribution in [0.25, 0.3) is 0 Å². The SMILES string of the molecule is CC(=O)O[C@@H]1C[C@]2(C)O[C@@H]3CC(Br)C(C)(C)OC3(C)[C@H]1CC2O. The molecule has 2 bridgehead atoms. The van der Waals surface area contributed by atoms with E-state index in [1.54, 1.807) is 0 Å². The number of hydrogen-bond donors (Lipinski definition) is 1. The van der Waals surface area contributed by atoms with Crippen molar-refractivity contribution in [3.8, 4) is 0 Å². The first-order chi connectivity index (χ1) is 10.5. The minimum Gasteiger partial charge on any atom is -0.462 e. The van der Waals surface area contributed by atoms with Gasteiger partial charge < -0.3 is 19.3 Å². The van der Waals surface area contributed by atoms with Crippen molar-refractivity contribution in [2.24, 2.45) is 5.92 Å². The molecule has 0 aromatic carbocycles. The Kier molecular flexibility index (Phi) is 4.15. The van der Waals surface area contributed by atoms with Gasteiger partial charge in [-0.05, 0) is 40.5 Å². The Balaban J connectivity index is 2.02. The maximum absolute atomic E-state index is 11.6. The number of carbonyl (C=O) groups excluding carboxylic acids is 1. The average Bonchev–Trinajstić information content (AvgIpc) is 2.50. The molecule has 3 heterocycles. The largest absolute Gasteiger partial charge is 0.462 e. The summed E-state index contributed by atoms with van der Waals surface area (Å²) in [5.74, 6) is -0.379. The van der Waals surface area contributed by atoms with E-state index in [-0.39, 0.29) is 34.5 Å². The number of fused-ring (bicyclic) bond motifs is 2. The second-order valence-electron chi connectivity index (χ2n) is 8.22. The fourth-order valence-electron chi connectivity index (χ4n) is 4.59. The van der Waals surface area contributed by atoms with Crippen molar-refractivity contribution in [2.45, 2.75) is 93.8 Å². The number of esters is 1. The van der Waals surface area contributed by atoms with Crippen LogP contribution < -0.4 is 0 Å². The summed E-state index contributed by atoms with van der Waals surface area (Å²) in [4.78, 5) is 11.7. The Hall–Kier alpha value is -0.170. The monoisotopic (exact) mass is 390 g/mol. The van der Waals surface area contributed by atoms with Crippen molar-refractivity contribution in [3.63, 3.8) is 0 Å². The topological polar surface area (TPSA) is 65.0 Å². The summed E-state index contributed by atoms with van der Waals surface area (Å²) in [6.45, 7) is 9.51. The normalized spacial score (nSPS) is 51.7. The van der Waals surface area contributed by atoms with Gasteiger partial charge in [-0.1, -0.05) is 15.9 Å². The zero-order valence-corrected chi connectivity index (χ0v) is 16.1. The lowest BCUT2D eigenvalue weighted by Gasteiger charge is -2.53. The molecule has 1 aliphatic carbocycles. The quantitative estimate of drug-likeness (QED) is 0.550. The lowest BCUT2D eigenvalue weighted by molar-refractivity contribution is -0.251. The number of halogens is 1. The number of hydrogen-bond acceptors (Lipinski definition) is 5. The van der Waals surface area contributed by atoms with Crippen LogP contribution in [-0.2, 0) is 19.0 Å². The third-order valence-electron chi connectivity index (χ3n) is 6.00. The van der Waals surface area contributed by atoms with Gasteiger partial charge in [0, 0.05) is 24.1 Å². The number of aliphatic hydroxyl groups excluding tert-OH is 1. The molecule has 0 amide bonds. The minimum atomic E-state index is -0.712. The van der Waals surface area contributed by atoms with E-state index in [0.717, 1.165) is 6.42 Å². The molecule has 0 aromatic heterocycles. The second-order valence-corrected chi connectivity index (χ2v) is 9.33. The Bertz CT molecular complexity index is 509. The second kappa shape index (κ2) is 5.41. The summed E-state index contributed by atoms with van der Waals surface area (Å²) in [7, 11) is 0. The van der Waals surface area contributed by atoms with E-state index in [2.05, 4.69) is 29.8 Å². The lowest BCUT2D eigenvalue weighted by atomic mass is 9.68. The van der Waals surface area contributed by atoms with Crippen LogP contribution in [0.5, 0.6) is 0 Å². The molecule has 3 unspecified atom stereocenters. The van der Waals surface area contributed by atoms with Gasteiger partial charge in [-0.15, -0.1) is 0 Å². The number of alkyl halides is 1. The number of carbonyl (C=O) groups is 1. The van der Waals surface area contributed by atoms with Crippen molar-refractivity contribution in [1.29, 1.82) is 0 Å². The van der Waals surface area contributed by atoms with E-state index in [1.165, 1.54) is 6.92 Å². The summed E-state index contributed by atoms with van der Waals surface area (Å²) in [6.07, 6.45) is 0.800. The minimum absolute atomic E-state index is 0.0822. The van der Waals surface area contributed by atoms with Crippen LogP contribution >= 0.6 is 15.9 Å². The summed E-state index contributed by atoms with van der Waals surface area (Å²) < 4.78 is 18.5. The summed E-state index contributed by atoms with van der Waals surface area (Å²) in [5, 5.41) is 10.6. The molecule has 6 heteroatoms. The smallest absolute Gasteiger partial charge is 0.302 e. The van der Waals surface area contributed by atoms with Gasteiger partial charge in [0.15, 0.2) is 0 Å². The van der Waals surface area contributed by atoms with Crippen LogP contribution in [0.15, 0.2) is 0 Å². The Morgan fingerprint density at radius 1 is 1.26 bits per heavy atom. The van der Waals surface area contributed by atoms with Gasteiger partial charge in [-0.3, -0.25) is 4.79 Å². The highest BCUT2D eigenvalue weighted by Crippen LogP contribution is 2.55. The first-order valence-electron chi connectivity index (χ1n) is 8.35. The Labute approximate surface area is 146 Å². The molecule has 0 aromatic rings. The van der Waals surface area contributed by atoms with Gasteiger partial charge in [-0.2, -0.15) is 0 Å². The predicted molar refractivity (Wildman–Crippen MR) is 88.5 cm³/mol. The van der Waals surface area contributed by atoms with Crippen molar-refractivity contribution < 1.29 is 24.1 Å². The highest BCUT2D eigenvalue weighted by atomic mass is 79.9. The molecule has 7 atom stereocenters. The third kappa shape index (κ3) is 2.75. The summed E-state index contributed by atoms with van der Waals surface area (Å²) in [5.41, 5.74) is -1.66. The molecule has 4 aliphatic rings. The number of ether oxygens (including phenoxy) is 3. The fraction of sp³-hybridized carbons (Fsp3) is 0.941. The first-order valence-corrected chi connectivity index (χ1v) is 9.27. The zero-order chi connectivity index (χ0) is 17.2. The maximum Gasteiger partial charge on any atom is 0.302 e. The molecule has 1 saturated carbocycles. The van der Waals surface area contributed by atoms with E-state index < -0.39 is 17.3 Å². The molecule has 132 valence electrons. The van der Waals surface area contributed by atoms with E-state index in [9.17, 15) is 9.90 Å². The highest BCUT2D eigenvalue weighted by molar-refractivity contribution is 9.09. The van der Waals surface area contributed by atoms with Crippen LogP contribution in [0.2, 0.25) is 0 Å². The van der Waals surface area contributed by atoms with Crippen LogP contribution in [0.3, 0.4) is 0 Å². The molecule has 1 N–H and O–H groups in total. The average molecular weight is 391 g/mol. The Morgan fingerprint density at radius 2 is 1.91 bits per heavy atom. The summed E-state index contributed by atoms with van der Waals surface area (Å²) in [6, 6.07) is 0. The number of rotatable bonds is 1.